The largest absolute Gasteiger partial charge is 0.378 e. The molecule has 5 heteroatoms. The van der Waals surface area contributed by atoms with Crippen molar-refractivity contribution in [2.24, 2.45) is 0 Å². The number of carbonyl (C=O) groups excluding carboxylic acids is 1. The number of ether oxygens (including phenoxy) is 1. The van der Waals surface area contributed by atoms with E-state index in [1.807, 2.05) is 28.8 Å². The quantitative estimate of drug-likeness (QED) is 0.780. The van der Waals surface area contributed by atoms with Crippen molar-refractivity contribution >= 4 is 23.4 Å². The summed E-state index contributed by atoms with van der Waals surface area (Å²) in [6, 6.07) is 16.7. The van der Waals surface area contributed by atoms with Gasteiger partial charge in [-0.1, -0.05) is 24.3 Å². The fourth-order valence-corrected chi connectivity index (χ4v) is 5.32. The van der Waals surface area contributed by atoms with Gasteiger partial charge in [-0.3, -0.25) is 4.79 Å². The Labute approximate surface area is 171 Å². The van der Waals surface area contributed by atoms with E-state index in [1.165, 1.54) is 16.8 Å². The molecule has 1 amide bonds. The summed E-state index contributed by atoms with van der Waals surface area (Å²) >= 11 is 1.98. The van der Waals surface area contributed by atoms with Crippen LogP contribution in [0.5, 0.6) is 0 Å². The lowest BCUT2D eigenvalue weighted by Crippen LogP contribution is -2.36. The van der Waals surface area contributed by atoms with E-state index in [0.29, 0.717) is 5.25 Å². The number of hydrogen-bond acceptors (Lipinski definition) is 4. The van der Waals surface area contributed by atoms with E-state index in [1.54, 1.807) is 0 Å². The molecule has 2 aromatic carbocycles. The minimum atomic E-state index is 0.152. The number of thioether (sulfide) groups is 1. The standard InChI is InChI=1S/C23H28N2O2S/c1-18-4-2-3-5-21(18)22-10-11-25(14-17-28-22)23(26)19-6-8-20(9-7-19)24-12-15-27-16-13-24/h2-9,22H,10-17H2,1H3. The molecule has 2 fully saturated rings. The highest BCUT2D eigenvalue weighted by Gasteiger charge is 2.24. The third-order valence-electron chi connectivity index (χ3n) is 5.65. The Bertz CT molecular complexity index is 803. The molecule has 148 valence electrons. The monoisotopic (exact) mass is 396 g/mol. The average Bonchev–Trinajstić information content (AvgIpc) is 3.00. The van der Waals surface area contributed by atoms with Gasteiger partial charge in [-0.05, 0) is 48.7 Å². The fraction of sp³-hybridized carbons (Fsp3) is 0.435. The lowest BCUT2D eigenvalue weighted by molar-refractivity contribution is 0.0766. The first-order valence-corrected chi connectivity index (χ1v) is 11.2. The first-order valence-electron chi connectivity index (χ1n) is 10.1. The zero-order chi connectivity index (χ0) is 19.3. The summed E-state index contributed by atoms with van der Waals surface area (Å²) in [5.74, 6) is 1.14. The van der Waals surface area contributed by atoms with E-state index < -0.39 is 0 Å². The summed E-state index contributed by atoms with van der Waals surface area (Å²) in [4.78, 5) is 17.4. The van der Waals surface area contributed by atoms with Gasteiger partial charge in [0.1, 0.15) is 0 Å². The van der Waals surface area contributed by atoms with Crippen molar-refractivity contribution in [3.63, 3.8) is 0 Å². The van der Waals surface area contributed by atoms with Gasteiger partial charge in [0.05, 0.1) is 13.2 Å². The molecule has 0 saturated carbocycles. The van der Waals surface area contributed by atoms with Gasteiger partial charge >= 0.3 is 0 Å². The molecule has 2 heterocycles. The second-order valence-corrected chi connectivity index (χ2v) is 8.75. The first-order chi connectivity index (χ1) is 13.7. The highest BCUT2D eigenvalue weighted by atomic mass is 32.2. The van der Waals surface area contributed by atoms with Crippen molar-refractivity contribution in [3.05, 3.63) is 65.2 Å². The molecule has 2 aliphatic heterocycles. The SMILES string of the molecule is Cc1ccccc1C1CCN(C(=O)c2ccc(N3CCOCC3)cc2)CCS1. The maximum absolute atomic E-state index is 13.0. The second-order valence-electron chi connectivity index (χ2n) is 7.44. The Morgan fingerprint density at radius 3 is 2.50 bits per heavy atom. The Morgan fingerprint density at radius 1 is 1.00 bits per heavy atom. The summed E-state index contributed by atoms with van der Waals surface area (Å²) in [6.07, 6.45) is 1.01. The average molecular weight is 397 g/mol. The van der Waals surface area contributed by atoms with Gasteiger partial charge in [0.2, 0.25) is 0 Å². The summed E-state index contributed by atoms with van der Waals surface area (Å²) in [5, 5.41) is 0.475. The van der Waals surface area contributed by atoms with Crippen molar-refractivity contribution in [3.8, 4) is 0 Å². The van der Waals surface area contributed by atoms with Crippen molar-refractivity contribution < 1.29 is 9.53 Å². The fourth-order valence-electron chi connectivity index (χ4n) is 3.99. The van der Waals surface area contributed by atoms with Crippen LogP contribution >= 0.6 is 11.8 Å². The zero-order valence-corrected chi connectivity index (χ0v) is 17.3. The summed E-state index contributed by atoms with van der Waals surface area (Å²) < 4.78 is 5.42. The highest BCUT2D eigenvalue weighted by molar-refractivity contribution is 7.99. The number of rotatable bonds is 3. The zero-order valence-electron chi connectivity index (χ0n) is 16.5. The van der Waals surface area contributed by atoms with Crippen molar-refractivity contribution in [1.82, 2.24) is 4.90 Å². The smallest absolute Gasteiger partial charge is 0.253 e. The third-order valence-corrected chi connectivity index (χ3v) is 6.96. The molecule has 0 radical (unpaired) electrons. The number of benzene rings is 2. The molecule has 0 bridgehead atoms. The van der Waals surface area contributed by atoms with Gasteiger partial charge in [0, 0.05) is 48.4 Å². The van der Waals surface area contributed by atoms with Gasteiger partial charge in [-0.15, -0.1) is 0 Å². The molecule has 0 N–H and O–H groups in total. The molecule has 2 aromatic rings. The topological polar surface area (TPSA) is 32.8 Å². The predicted octanol–water partition coefficient (Wildman–Crippen LogP) is 4.15. The molecule has 2 saturated heterocycles. The van der Waals surface area contributed by atoms with E-state index in [0.717, 1.165) is 57.1 Å². The van der Waals surface area contributed by atoms with Crippen LogP contribution in [0.2, 0.25) is 0 Å². The van der Waals surface area contributed by atoms with E-state index in [2.05, 4.69) is 48.2 Å². The summed E-state index contributed by atoms with van der Waals surface area (Å²) in [7, 11) is 0. The Morgan fingerprint density at radius 2 is 1.75 bits per heavy atom. The van der Waals surface area contributed by atoms with Gasteiger partial charge in [-0.2, -0.15) is 11.8 Å². The van der Waals surface area contributed by atoms with Crippen LogP contribution in [0, 0.1) is 6.92 Å². The second kappa shape index (κ2) is 9.01. The summed E-state index contributed by atoms with van der Waals surface area (Å²) in [6.45, 7) is 7.18. The van der Waals surface area contributed by atoms with Crippen LogP contribution in [-0.2, 0) is 4.74 Å². The van der Waals surface area contributed by atoms with Gasteiger partial charge in [-0.25, -0.2) is 0 Å². The number of carbonyl (C=O) groups is 1. The Hall–Kier alpha value is -1.98. The molecular weight excluding hydrogens is 368 g/mol. The van der Waals surface area contributed by atoms with Crippen LogP contribution in [0.25, 0.3) is 0 Å². The van der Waals surface area contributed by atoms with E-state index in [-0.39, 0.29) is 5.91 Å². The minimum Gasteiger partial charge on any atom is -0.378 e. The van der Waals surface area contributed by atoms with Crippen LogP contribution in [0.1, 0.15) is 33.2 Å². The first kappa shape index (κ1) is 19.3. The van der Waals surface area contributed by atoms with Crippen LogP contribution in [0.4, 0.5) is 5.69 Å². The lowest BCUT2D eigenvalue weighted by atomic mass is 10.0. The van der Waals surface area contributed by atoms with Gasteiger partial charge < -0.3 is 14.5 Å². The van der Waals surface area contributed by atoms with Crippen molar-refractivity contribution in [2.75, 3.05) is 50.0 Å². The molecule has 1 atom stereocenters. The minimum absolute atomic E-state index is 0.152. The molecule has 4 rings (SSSR count). The number of anilines is 1. The molecule has 0 aromatic heterocycles. The molecule has 0 spiro atoms. The highest BCUT2D eigenvalue weighted by Crippen LogP contribution is 2.36. The third kappa shape index (κ3) is 4.36. The van der Waals surface area contributed by atoms with Crippen molar-refractivity contribution in [2.45, 2.75) is 18.6 Å². The Kier molecular flexibility index (Phi) is 6.23. The molecular formula is C23H28N2O2S. The van der Waals surface area contributed by atoms with Crippen molar-refractivity contribution in [1.29, 1.82) is 0 Å². The van der Waals surface area contributed by atoms with E-state index in [9.17, 15) is 4.79 Å². The number of hydrogen-bond donors (Lipinski definition) is 0. The number of aryl methyl sites for hydroxylation is 1. The number of amides is 1. The molecule has 1 unspecified atom stereocenters. The van der Waals surface area contributed by atoms with E-state index >= 15 is 0 Å². The summed E-state index contributed by atoms with van der Waals surface area (Å²) in [5.41, 5.74) is 4.72. The van der Waals surface area contributed by atoms with Crippen LogP contribution < -0.4 is 4.90 Å². The van der Waals surface area contributed by atoms with E-state index in [4.69, 9.17) is 4.74 Å². The number of nitrogens with zero attached hydrogens (tertiary/aromatic N) is 2. The maximum Gasteiger partial charge on any atom is 0.253 e. The maximum atomic E-state index is 13.0. The lowest BCUT2D eigenvalue weighted by Gasteiger charge is -2.29. The number of morpholine rings is 1. The normalized spacial score (nSPS) is 20.7. The predicted molar refractivity (Wildman–Crippen MR) is 116 cm³/mol. The molecule has 28 heavy (non-hydrogen) atoms. The molecule has 4 nitrogen and oxygen atoms in total. The van der Waals surface area contributed by atoms with Crippen LogP contribution in [-0.4, -0.2) is 56.0 Å². The molecule has 2 aliphatic rings. The Balaban J connectivity index is 1.40. The van der Waals surface area contributed by atoms with Gasteiger partial charge in [0.15, 0.2) is 0 Å². The van der Waals surface area contributed by atoms with Crippen LogP contribution in [0.15, 0.2) is 48.5 Å². The van der Waals surface area contributed by atoms with Crippen LogP contribution in [0.3, 0.4) is 0 Å². The van der Waals surface area contributed by atoms with Gasteiger partial charge in [0.25, 0.3) is 5.91 Å². The molecule has 0 aliphatic carbocycles.